The second-order valence-corrected chi connectivity index (χ2v) is 11.6. The number of carbonyl (C=O) groups excluding carboxylic acids is 1. The fraction of sp³-hybridized carbons (Fsp3) is 0.800. The first-order valence-corrected chi connectivity index (χ1v) is 14.2. The number of carbonyl (C=O) groups is 1. The molecule has 0 amide bonds. The molecule has 0 aliphatic heterocycles. The Morgan fingerprint density at radius 1 is 0.788 bits per heavy atom. The zero-order valence-electron chi connectivity index (χ0n) is 23.1. The Morgan fingerprint density at radius 2 is 1.36 bits per heavy atom. The molecule has 33 heavy (non-hydrogen) atoms. The summed E-state index contributed by atoms with van der Waals surface area (Å²) in [4.78, 5) is 13.3. The molecule has 0 spiro atoms. The summed E-state index contributed by atoms with van der Waals surface area (Å²) in [7, 11) is 2.12. The molecule has 1 aromatic heterocycles. The number of rotatable bonds is 20. The van der Waals surface area contributed by atoms with Crippen LogP contribution in [-0.4, -0.2) is 19.9 Å². The van der Waals surface area contributed by atoms with E-state index in [1.807, 2.05) is 0 Å². The molecule has 1 aromatic rings. The van der Waals surface area contributed by atoms with Crippen LogP contribution < -0.4 is 0 Å². The third-order valence-corrected chi connectivity index (χ3v) is 7.32. The van der Waals surface area contributed by atoms with Crippen molar-refractivity contribution in [2.24, 2.45) is 5.41 Å². The van der Waals surface area contributed by atoms with Crippen LogP contribution >= 0.6 is 0 Å². The molecule has 1 atom stereocenters. The van der Waals surface area contributed by atoms with Crippen molar-refractivity contribution < 1.29 is 4.79 Å². The topological polar surface area (TPSA) is 17.1 Å². The molecule has 0 bridgehead atoms. The Hall–Kier alpha value is -0.850. The van der Waals surface area contributed by atoms with Gasteiger partial charge in [-0.3, -0.25) is 0 Å². The van der Waals surface area contributed by atoms with Crippen molar-refractivity contribution in [1.29, 1.82) is 0 Å². The third kappa shape index (κ3) is 13.6. The zero-order chi connectivity index (χ0) is 24.6. The van der Waals surface area contributed by atoms with Crippen molar-refractivity contribution in [2.45, 2.75) is 150 Å². The molecule has 0 saturated carbocycles. The maximum atomic E-state index is 13.3. The average molecular weight is 451 g/mol. The van der Waals surface area contributed by atoms with Crippen molar-refractivity contribution in [3.8, 4) is 0 Å². The summed E-state index contributed by atoms with van der Waals surface area (Å²) in [6.07, 6.45) is 19.3. The van der Waals surface area contributed by atoms with Gasteiger partial charge in [0.2, 0.25) is 0 Å². The smallest absolute Gasteiger partial charge is 0.0654 e. The average Bonchev–Trinajstić information content (AvgIpc) is 2.76. The van der Waals surface area contributed by atoms with E-state index in [4.69, 9.17) is 0 Å². The van der Waals surface area contributed by atoms with E-state index in [9.17, 15) is 4.79 Å². The Bertz CT molecular complexity index is 654. The van der Waals surface area contributed by atoms with Crippen LogP contribution in [0.2, 0.25) is 5.31 Å². The van der Waals surface area contributed by atoms with Crippen LogP contribution in [0.1, 0.15) is 143 Å². The molecule has 0 aliphatic rings. The summed E-state index contributed by atoms with van der Waals surface area (Å²) in [6.45, 7) is 16.0. The van der Waals surface area contributed by atoms with Gasteiger partial charge in [0.05, 0.1) is 0 Å². The van der Waals surface area contributed by atoms with E-state index in [0.29, 0.717) is 12.1 Å². The fourth-order valence-electron chi connectivity index (χ4n) is 5.15. The molecule has 1 radical (unpaired) electrons. The fourth-order valence-corrected chi connectivity index (χ4v) is 5.15. The van der Waals surface area contributed by atoms with E-state index in [0.717, 1.165) is 19.3 Å². The van der Waals surface area contributed by atoms with Crippen molar-refractivity contribution in [1.82, 2.24) is 0 Å². The first-order valence-electron chi connectivity index (χ1n) is 14.2. The molecule has 1 rings (SSSR count). The Balaban J connectivity index is 2.78. The van der Waals surface area contributed by atoms with Crippen LogP contribution in [-0.2, 0) is 17.6 Å². The van der Waals surface area contributed by atoms with E-state index in [2.05, 4.69) is 73.7 Å². The van der Waals surface area contributed by atoms with Gasteiger partial charge in [-0.25, -0.2) is 0 Å². The minimum absolute atomic E-state index is 0.0480. The van der Waals surface area contributed by atoms with Gasteiger partial charge in [-0.1, -0.05) is 20.3 Å². The van der Waals surface area contributed by atoms with Crippen LogP contribution in [0.25, 0.3) is 0 Å². The molecule has 3 heteroatoms. The van der Waals surface area contributed by atoms with Gasteiger partial charge in [-0.05, 0) is 0 Å². The third-order valence-electron chi connectivity index (χ3n) is 7.32. The monoisotopic (exact) mass is 451 g/mol. The Morgan fingerprint density at radius 3 is 1.97 bits per heavy atom. The summed E-state index contributed by atoms with van der Waals surface area (Å²) >= 11 is 0. The minimum Gasteiger partial charge on any atom is -0.0654 e. The predicted octanol–water partition coefficient (Wildman–Crippen LogP) is 9.07. The summed E-state index contributed by atoms with van der Waals surface area (Å²) in [5, 5.41) is 0.0480. The van der Waals surface area contributed by atoms with Gasteiger partial charge in [-0.15, -0.1) is 0 Å². The van der Waals surface area contributed by atoms with Crippen LogP contribution in [0.15, 0.2) is 18.0 Å². The summed E-state index contributed by atoms with van der Waals surface area (Å²) < 4.78 is 0. The van der Waals surface area contributed by atoms with Gasteiger partial charge in [-0.2, -0.15) is 0 Å². The van der Waals surface area contributed by atoms with Gasteiger partial charge in [0.1, 0.15) is 0 Å². The van der Waals surface area contributed by atoms with Gasteiger partial charge >= 0.3 is 189 Å². The van der Waals surface area contributed by atoms with Gasteiger partial charge < -0.3 is 0 Å². The second-order valence-electron chi connectivity index (χ2n) is 11.6. The van der Waals surface area contributed by atoms with E-state index in [1.165, 1.54) is 88.2 Å². The second kappa shape index (κ2) is 16.7. The van der Waals surface area contributed by atoms with Crippen molar-refractivity contribution in [2.75, 3.05) is 0 Å². The normalized spacial score (nSPS) is 13.5. The molecule has 0 N–H and O–H groups in total. The first-order chi connectivity index (χ1) is 15.7. The number of unbranched alkanes of at least 4 members (excludes halogenated alkanes) is 8. The summed E-state index contributed by atoms with van der Waals surface area (Å²) in [5.74, 6) is 4.34. The Labute approximate surface area is 208 Å². The van der Waals surface area contributed by atoms with Crippen LogP contribution in [0.4, 0.5) is 0 Å². The number of hydrogen-bond donors (Lipinski definition) is 0. The summed E-state index contributed by atoms with van der Waals surface area (Å²) in [6, 6.07) is 2.18. The minimum atomic E-state index is 0.0480. The van der Waals surface area contributed by atoms with Crippen molar-refractivity contribution in [3.05, 3.63) is 29.1 Å². The van der Waals surface area contributed by atoms with Crippen LogP contribution in [0.5, 0.6) is 0 Å². The zero-order valence-corrected chi connectivity index (χ0v) is 23.1. The van der Waals surface area contributed by atoms with Gasteiger partial charge in [0.15, 0.2) is 0 Å². The van der Waals surface area contributed by atoms with Crippen molar-refractivity contribution in [3.63, 3.8) is 0 Å². The molecule has 1 nitrogen and oxygen atoms in total. The molecular formula is C30H53B2O. The van der Waals surface area contributed by atoms with Crippen molar-refractivity contribution >= 4 is 19.9 Å². The standard InChI is InChI=1S/C30H53B2O/c1-7-10-13-15-17-21-30(6,20-16-14-11-8-2)32-28(33)23-26-18-22-31-25-27(26)24-29(4,5)19-12-9-3/h18,22,25H,7-17,19-21,23-24H2,1-6H3. The van der Waals surface area contributed by atoms with E-state index in [-0.39, 0.29) is 10.7 Å². The van der Waals surface area contributed by atoms with E-state index < -0.39 is 0 Å². The molecule has 185 valence electrons. The molecule has 0 aromatic carbocycles. The van der Waals surface area contributed by atoms with Gasteiger partial charge in [0, 0.05) is 0 Å². The molecule has 0 fully saturated rings. The first kappa shape index (κ1) is 30.2. The maximum absolute atomic E-state index is 13.3. The molecule has 1 unspecified atom stereocenters. The number of hydrogen-bond acceptors (Lipinski definition) is 1. The van der Waals surface area contributed by atoms with Crippen LogP contribution in [0.3, 0.4) is 0 Å². The molecule has 1 heterocycles. The molecular weight excluding hydrogens is 398 g/mol. The van der Waals surface area contributed by atoms with Crippen LogP contribution in [0, 0.1) is 5.41 Å². The van der Waals surface area contributed by atoms with Gasteiger partial charge in [0.25, 0.3) is 0 Å². The quantitative estimate of drug-likeness (QED) is 0.143. The Kier molecular flexibility index (Phi) is 15.3. The molecule has 0 aliphatic carbocycles. The molecule has 0 saturated heterocycles. The summed E-state index contributed by atoms with van der Waals surface area (Å²) in [5.41, 5.74) is 3.20. The van der Waals surface area contributed by atoms with E-state index in [1.54, 1.807) is 0 Å². The van der Waals surface area contributed by atoms with E-state index >= 15 is 0 Å². The SMILES string of the molecule is CCCCCCCC(C)([B]C(=O)Cc1ccbcc1CC(C)(C)CCCC)CCCCCC. The predicted molar refractivity (Wildman–Crippen MR) is 150 cm³/mol.